The van der Waals surface area contributed by atoms with Gasteiger partial charge in [0.2, 0.25) is 0 Å². The second kappa shape index (κ2) is 155. The van der Waals surface area contributed by atoms with Gasteiger partial charge in [-0.2, -0.15) is 0 Å². The number of hydrogen-bond donors (Lipinski definition) is 1. The molecule has 1 N–H and O–H groups in total. The Morgan fingerprint density at radius 1 is 1.57 bits per heavy atom. The molecule has 0 amide bonds. The van der Waals surface area contributed by atoms with E-state index in [1.165, 1.54) is 13.6 Å². The molecular formula is C6H11BrI2O3Rf2-2. The average molecular weight is 999 g/mol. The number of aliphatic hydroxyl groups is 1. The van der Waals surface area contributed by atoms with E-state index in [1.807, 2.05) is 0 Å². The third-order valence-corrected chi connectivity index (χ3v) is 0.650. The zero-order chi connectivity index (χ0) is 10.8. The predicted octanol–water partition coefficient (Wildman–Crippen LogP) is 3.19. The molecule has 0 aromatic heterocycles. The summed E-state index contributed by atoms with van der Waals surface area (Å²) in [4.78, 5) is 8.83. The summed E-state index contributed by atoms with van der Waals surface area (Å²) in [6.45, 7) is 4.61. The van der Waals surface area contributed by atoms with Gasteiger partial charge in [0.1, 0.15) is 0 Å². The molecule has 3 nitrogen and oxygen atoms in total. The van der Waals surface area contributed by atoms with Crippen LogP contribution < -0.4 is 0 Å². The maximum atomic E-state index is 8.83. The molecule has 8 heteroatoms. The van der Waals surface area contributed by atoms with Gasteiger partial charge in [-0.15, -0.1) is 6.58 Å². The summed E-state index contributed by atoms with van der Waals surface area (Å²) in [6, 6.07) is 0. The Balaban J connectivity index is -0.0000000153. The van der Waals surface area contributed by atoms with E-state index in [0.29, 0.717) is 0 Å². The number of aliphatic hydroxyl groups excluding tert-OH is 1. The topological polar surface area (TPSA) is 46.5 Å². The minimum atomic E-state index is 0. The van der Waals surface area contributed by atoms with Crippen LogP contribution in [0.5, 0.6) is 0 Å². The first kappa shape index (κ1) is 38.0. The summed E-state index contributed by atoms with van der Waals surface area (Å²) in [5, 5.41) is 7.65. The zero-order valence-corrected chi connectivity index (χ0v) is 26.7. The SMILES string of the molecule is C=CCBr.CO[C-]=O.II.[CH2-]O.[Rf].[Rf]. The van der Waals surface area contributed by atoms with Crippen molar-refractivity contribution in [1.82, 2.24) is 0 Å². The van der Waals surface area contributed by atoms with Gasteiger partial charge in [0.05, 0.1) is 0 Å². The number of alkyl halides is 1. The second-order valence-electron chi connectivity index (χ2n) is 0.730. The van der Waals surface area contributed by atoms with Gasteiger partial charge < -0.3 is 14.6 Å². The van der Waals surface area contributed by atoms with E-state index in [1.54, 1.807) is 6.08 Å². The first-order valence-corrected chi connectivity index (χ1v) is 9.77. The van der Waals surface area contributed by atoms with Gasteiger partial charge in [-0.1, -0.05) is 28.5 Å². The first-order chi connectivity index (χ1) is 5.83. The van der Waals surface area contributed by atoms with Crippen molar-refractivity contribution in [2.24, 2.45) is 0 Å². The molecule has 14 heavy (non-hydrogen) atoms. The van der Waals surface area contributed by atoms with Crippen molar-refractivity contribution in [2.45, 2.75) is 0 Å². The monoisotopic (exact) mass is 998 g/mol. The quantitative estimate of drug-likeness (QED) is 0.201. The Morgan fingerprint density at radius 3 is 1.71 bits per heavy atom. The number of carbonyl (C=O) groups excluding carboxylic acids is 1. The maximum Gasteiger partial charge on any atom is 0.0362 e. The molecule has 0 saturated carbocycles. The van der Waals surface area contributed by atoms with Crippen LogP contribution in [0.4, 0.5) is 0 Å². The van der Waals surface area contributed by atoms with Crippen LogP contribution in [0.25, 0.3) is 0 Å². The first-order valence-electron chi connectivity index (χ1n) is 2.36. The summed E-state index contributed by atoms with van der Waals surface area (Å²) in [7, 11) is 3.51. The summed E-state index contributed by atoms with van der Waals surface area (Å²) in [5.74, 6) is 0. The van der Waals surface area contributed by atoms with Crippen molar-refractivity contribution in [1.29, 1.82) is 0 Å². The molecule has 0 aromatic rings. The Hall–Kier alpha value is -0.890. The third kappa shape index (κ3) is 922. The Kier molecular flexibility index (Phi) is 420. The molecule has 0 fully saturated rings. The Bertz CT molecular complexity index is 65.0. The molecule has 0 bridgehead atoms. The van der Waals surface area contributed by atoms with E-state index in [4.69, 9.17) is 9.90 Å². The number of rotatable bonds is 2. The van der Waals surface area contributed by atoms with Crippen LogP contribution in [0.2, 0.25) is 0 Å². The van der Waals surface area contributed by atoms with Gasteiger partial charge in [0.15, 0.2) is 0 Å². The van der Waals surface area contributed by atoms with Crippen LogP contribution in [0, 0.1) is 7.11 Å². The molecule has 80 valence electrons. The van der Waals surface area contributed by atoms with Crippen molar-refractivity contribution in [3.8, 4) is 0 Å². The molecule has 0 heterocycles. The van der Waals surface area contributed by atoms with Crippen LogP contribution >= 0.6 is 53.2 Å². The molecule has 0 radical (unpaired) electrons. The number of halogens is 3. The van der Waals surface area contributed by atoms with Crippen LogP contribution in [-0.2, 0) is 9.53 Å². The fourth-order valence-corrected chi connectivity index (χ4v) is 0. The van der Waals surface area contributed by atoms with Crippen molar-refractivity contribution in [3.05, 3.63) is 19.8 Å². The minimum Gasteiger partial charge on any atom is -0.655 e. The third-order valence-electron chi connectivity index (χ3n) is 0.192. The smallest absolute Gasteiger partial charge is 0.0362 e. The molecule has 0 spiro atoms. The number of hydrogen-bond acceptors (Lipinski definition) is 3. The van der Waals surface area contributed by atoms with Gasteiger partial charge >= 0.3 is 0 Å². The fraction of sp³-hybridized carbons (Fsp3) is 0.333. The van der Waals surface area contributed by atoms with Gasteiger partial charge in [-0.3, -0.25) is 0 Å². The molecule has 0 aliphatic rings. The maximum absolute atomic E-state index is 8.83. The second-order valence-corrected chi connectivity index (χ2v) is 1.38. The largest absolute Gasteiger partial charge is 0.655 e. The molecule has 0 aliphatic heterocycles. The molecular weight excluding hydrogens is 988 g/mol. The molecule has 0 unspecified atom stereocenters. The standard InChI is InChI=1S/C3H5Br.C2H3O2.CH3O.I2.2Rf/c1-2-3-4;1-4-2-3;2*1-2;;/h2H,1,3H2;1H3;2H,1H2;;;/q;2*-1;;;. The van der Waals surface area contributed by atoms with E-state index >= 15 is 0 Å². The van der Waals surface area contributed by atoms with Crippen molar-refractivity contribution >= 4 is 59.6 Å². The Morgan fingerprint density at radius 2 is 1.71 bits per heavy atom. The summed E-state index contributed by atoms with van der Waals surface area (Å²) in [5.41, 5.74) is 0. The summed E-state index contributed by atoms with van der Waals surface area (Å²) in [6.07, 6.45) is 1.79. The molecule has 0 aliphatic carbocycles. The van der Waals surface area contributed by atoms with Crippen LogP contribution in [0.3, 0.4) is 0 Å². The average Bonchev–Trinajstić information content (AvgIpc) is 2.23. The van der Waals surface area contributed by atoms with Crippen LogP contribution in [-0.4, -0.2) is 24.0 Å². The predicted molar refractivity (Wildman–Crippen MR) is 72.0 cm³/mol. The van der Waals surface area contributed by atoms with Crippen LogP contribution in [0.1, 0.15) is 0 Å². The number of ether oxygens (including phenoxy) is 1. The van der Waals surface area contributed by atoms with E-state index in [0.717, 1.165) is 5.33 Å². The van der Waals surface area contributed by atoms with Gasteiger partial charge in [-0.25, -0.2) is 7.11 Å². The van der Waals surface area contributed by atoms with Gasteiger partial charge in [0, 0.05) is 49.7 Å². The summed E-state index contributed by atoms with van der Waals surface area (Å²) < 4.78 is 3.74. The van der Waals surface area contributed by atoms with Crippen molar-refractivity contribution < 1.29 is 14.6 Å². The van der Waals surface area contributed by atoms with Gasteiger partial charge in [-0.05, 0) is 0 Å². The van der Waals surface area contributed by atoms with Crippen LogP contribution in [0.15, 0.2) is 12.7 Å². The fourth-order valence-electron chi connectivity index (χ4n) is 0. The van der Waals surface area contributed by atoms with Crippen molar-refractivity contribution in [3.63, 3.8) is 0 Å². The molecule has 0 rings (SSSR count). The number of methoxy groups -OCH3 is 1. The van der Waals surface area contributed by atoms with E-state index in [9.17, 15) is 0 Å². The normalized spacial score (nSPS) is 4.14. The Labute approximate surface area is 105 Å². The number of allylic oxidation sites excluding steroid dienone is 1. The zero-order valence-electron chi connectivity index (χ0n) is 8.01. The van der Waals surface area contributed by atoms with Crippen molar-refractivity contribution in [2.75, 3.05) is 12.4 Å². The minimum absolute atomic E-state index is 0. The molecule has 0 saturated heterocycles. The van der Waals surface area contributed by atoms with E-state index in [2.05, 4.69) is 71.6 Å². The van der Waals surface area contributed by atoms with Gasteiger partial charge in [0.25, 0.3) is 0 Å². The van der Waals surface area contributed by atoms with E-state index < -0.39 is 0 Å². The molecule has 0 atom stereocenters. The summed E-state index contributed by atoms with van der Waals surface area (Å²) >= 11 is 7.37. The molecule has 0 aromatic carbocycles. The van der Waals surface area contributed by atoms with E-state index in [-0.39, 0.29) is 0 Å².